The summed E-state index contributed by atoms with van der Waals surface area (Å²) < 4.78 is 0. The van der Waals surface area contributed by atoms with Crippen LogP contribution in [0, 0.1) is 6.92 Å². The molecular weight excluding hydrogens is 228 g/mol. The van der Waals surface area contributed by atoms with E-state index in [1.807, 2.05) is 17.5 Å². The van der Waals surface area contributed by atoms with Crippen LogP contribution in [-0.4, -0.2) is 18.1 Å². The fourth-order valence-electron chi connectivity index (χ4n) is 2.35. The standard InChI is InChI=1S/C14H16N2S/c1-11-5-9-17-14(11)12-4-6-15-13(10-12)16-7-2-3-8-16/h4-6,9-10H,2-3,7-8H2,1H3. The van der Waals surface area contributed by atoms with E-state index in [-0.39, 0.29) is 0 Å². The van der Waals surface area contributed by atoms with E-state index < -0.39 is 0 Å². The lowest BCUT2D eigenvalue weighted by atomic mass is 10.1. The minimum Gasteiger partial charge on any atom is -0.357 e. The number of anilines is 1. The summed E-state index contributed by atoms with van der Waals surface area (Å²) in [5, 5.41) is 2.15. The van der Waals surface area contributed by atoms with Gasteiger partial charge in [0.15, 0.2) is 0 Å². The number of aryl methyl sites for hydroxylation is 1. The molecule has 3 heteroatoms. The van der Waals surface area contributed by atoms with E-state index in [0.29, 0.717) is 0 Å². The van der Waals surface area contributed by atoms with E-state index in [2.05, 4.69) is 40.4 Å². The zero-order chi connectivity index (χ0) is 11.7. The van der Waals surface area contributed by atoms with Gasteiger partial charge in [-0.1, -0.05) is 0 Å². The Labute approximate surface area is 106 Å². The van der Waals surface area contributed by atoms with Gasteiger partial charge in [-0.2, -0.15) is 0 Å². The average molecular weight is 244 g/mol. The van der Waals surface area contributed by atoms with Crippen molar-refractivity contribution in [2.75, 3.05) is 18.0 Å². The third kappa shape index (κ3) is 2.07. The van der Waals surface area contributed by atoms with Crippen LogP contribution in [0.2, 0.25) is 0 Å². The Morgan fingerprint density at radius 2 is 2.06 bits per heavy atom. The van der Waals surface area contributed by atoms with E-state index in [9.17, 15) is 0 Å². The molecule has 1 aliphatic rings. The van der Waals surface area contributed by atoms with Crippen LogP contribution < -0.4 is 4.90 Å². The highest BCUT2D eigenvalue weighted by molar-refractivity contribution is 7.13. The number of nitrogens with zero attached hydrogens (tertiary/aromatic N) is 2. The van der Waals surface area contributed by atoms with Crippen LogP contribution in [0.3, 0.4) is 0 Å². The molecule has 0 amide bonds. The number of hydrogen-bond acceptors (Lipinski definition) is 3. The Morgan fingerprint density at radius 3 is 2.76 bits per heavy atom. The maximum absolute atomic E-state index is 4.49. The Hall–Kier alpha value is -1.35. The molecule has 2 aromatic heterocycles. The smallest absolute Gasteiger partial charge is 0.129 e. The molecule has 17 heavy (non-hydrogen) atoms. The molecule has 0 spiro atoms. The van der Waals surface area contributed by atoms with Crippen LogP contribution in [0.15, 0.2) is 29.8 Å². The first kappa shape index (κ1) is 10.8. The Bertz CT molecular complexity index is 512. The number of hydrogen-bond donors (Lipinski definition) is 0. The third-order valence-corrected chi connectivity index (χ3v) is 4.37. The first-order chi connectivity index (χ1) is 8.34. The molecule has 0 saturated carbocycles. The zero-order valence-corrected chi connectivity index (χ0v) is 10.8. The fraction of sp³-hybridized carbons (Fsp3) is 0.357. The normalized spacial score (nSPS) is 15.5. The maximum atomic E-state index is 4.49. The van der Waals surface area contributed by atoms with Crippen molar-refractivity contribution in [1.29, 1.82) is 0 Å². The molecule has 0 radical (unpaired) electrons. The van der Waals surface area contributed by atoms with Crippen molar-refractivity contribution in [3.63, 3.8) is 0 Å². The van der Waals surface area contributed by atoms with Crippen LogP contribution in [0.5, 0.6) is 0 Å². The average Bonchev–Trinajstić information content (AvgIpc) is 2.99. The number of aromatic nitrogens is 1. The van der Waals surface area contributed by atoms with Gasteiger partial charge >= 0.3 is 0 Å². The predicted octanol–water partition coefficient (Wildman–Crippen LogP) is 3.72. The summed E-state index contributed by atoms with van der Waals surface area (Å²) in [4.78, 5) is 8.24. The first-order valence-electron chi connectivity index (χ1n) is 6.10. The molecule has 3 heterocycles. The van der Waals surface area contributed by atoms with Gasteiger partial charge in [-0.15, -0.1) is 11.3 Å². The lowest BCUT2D eigenvalue weighted by Gasteiger charge is -2.16. The SMILES string of the molecule is Cc1ccsc1-c1ccnc(N2CCCC2)c1. The first-order valence-corrected chi connectivity index (χ1v) is 6.98. The summed E-state index contributed by atoms with van der Waals surface area (Å²) in [5.41, 5.74) is 2.66. The van der Waals surface area contributed by atoms with E-state index >= 15 is 0 Å². The monoisotopic (exact) mass is 244 g/mol. The van der Waals surface area contributed by atoms with Gasteiger partial charge in [0.1, 0.15) is 5.82 Å². The summed E-state index contributed by atoms with van der Waals surface area (Å²) in [7, 11) is 0. The zero-order valence-electron chi connectivity index (χ0n) is 10.0. The topological polar surface area (TPSA) is 16.1 Å². The van der Waals surface area contributed by atoms with Gasteiger partial charge in [0, 0.05) is 24.2 Å². The van der Waals surface area contributed by atoms with Crippen molar-refractivity contribution in [3.05, 3.63) is 35.3 Å². The van der Waals surface area contributed by atoms with E-state index in [1.54, 1.807) is 0 Å². The Kier molecular flexibility index (Phi) is 2.85. The highest BCUT2D eigenvalue weighted by Gasteiger charge is 2.14. The molecule has 2 aromatic rings. The minimum atomic E-state index is 1.13. The summed E-state index contributed by atoms with van der Waals surface area (Å²) in [6.45, 7) is 4.47. The summed E-state index contributed by atoms with van der Waals surface area (Å²) in [5.74, 6) is 1.13. The number of rotatable bonds is 2. The van der Waals surface area contributed by atoms with Crippen LogP contribution in [0.4, 0.5) is 5.82 Å². The van der Waals surface area contributed by atoms with Crippen molar-refractivity contribution in [1.82, 2.24) is 4.98 Å². The minimum absolute atomic E-state index is 1.13. The molecule has 1 aliphatic heterocycles. The quantitative estimate of drug-likeness (QED) is 0.800. The molecule has 3 rings (SSSR count). The summed E-state index contributed by atoms with van der Waals surface area (Å²) >= 11 is 1.81. The van der Waals surface area contributed by atoms with Crippen molar-refractivity contribution in [3.8, 4) is 10.4 Å². The van der Waals surface area contributed by atoms with Crippen molar-refractivity contribution >= 4 is 17.2 Å². The molecule has 0 atom stereocenters. The fourth-order valence-corrected chi connectivity index (χ4v) is 3.27. The van der Waals surface area contributed by atoms with Crippen molar-refractivity contribution < 1.29 is 0 Å². The molecule has 1 fully saturated rings. The molecule has 88 valence electrons. The van der Waals surface area contributed by atoms with E-state index in [1.165, 1.54) is 28.8 Å². The second-order valence-electron chi connectivity index (χ2n) is 4.53. The lowest BCUT2D eigenvalue weighted by molar-refractivity contribution is 0.938. The van der Waals surface area contributed by atoms with Crippen molar-refractivity contribution in [2.24, 2.45) is 0 Å². The maximum Gasteiger partial charge on any atom is 0.129 e. The van der Waals surface area contributed by atoms with Gasteiger partial charge in [0.25, 0.3) is 0 Å². The summed E-state index contributed by atoms with van der Waals surface area (Å²) in [6, 6.07) is 6.51. The second-order valence-corrected chi connectivity index (χ2v) is 5.45. The molecular formula is C14H16N2S. The Balaban J connectivity index is 1.96. The lowest BCUT2D eigenvalue weighted by Crippen LogP contribution is -2.18. The van der Waals surface area contributed by atoms with Crippen LogP contribution in [-0.2, 0) is 0 Å². The molecule has 0 N–H and O–H groups in total. The number of pyridine rings is 1. The molecule has 0 aromatic carbocycles. The molecule has 0 aliphatic carbocycles. The van der Waals surface area contributed by atoms with Crippen LogP contribution >= 0.6 is 11.3 Å². The largest absolute Gasteiger partial charge is 0.357 e. The second kappa shape index (κ2) is 4.49. The van der Waals surface area contributed by atoms with Gasteiger partial charge in [-0.25, -0.2) is 4.98 Å². The Morgan fingerprint density at radius 1 is 1.24 bits per heavy atom. The van der Waals surface area contributed by atoms with Gasteiger partial charge in [-0.05, 0) is 54.5 Å². The van der Waals surface area contributed by atoms with E-state index in [4.69, 9.17) is 0 Å². The van der Waals surface area contributed by atoms with Crippen molar-refractivity contribution in [2.45, 2.75) is 19.8 Å². The van der Waals surface area contributed by atoms with Crippen LogP contribution in [0.25, 0.3) is 10.4 Å². The highest BCUT2D eigenvalue weighted by atomic mass is 32.1. The summed E-state index contributed by atoms with van der Waals surface area (Å²) in [6.07, 6.45) is 4.52. The van der Waals surface area contributed by atoms with Gasteiger partial charge < -0.3 is 4.90 Å². The van der Waals surface area contributed by atoms with Gasteiger partial charge in [0.05, 0.1) is 0 Å². The molecule has 2 nitrogen and oxygen atoms in total. The highest BCUT2D eigenvalue weighted by Crippen LogP contribution is 2.31. The van der Waals surface area contributed by atoms with Crippen LogP contribution in [0.1, 0.15) is 18.4 Å². The van der Waals surface area contributed by atoms with E-state index in [0.717, 1.165) is 18.9 Å². The molecule has 0 unspecified atom stereocenters. The third-order valence-electron chi connectivity index (χ3n) is 3.30. The molecule has 0 bridgehead atoms. The predicted molar refractivity (Wildman–Crippen MR) is 73.7 cm³/mol. The molecule has 1 saturated heterocycles. The van der Waals surface area contributed by atoms with Gasteiger partial charge in [0.2, 0.25) is 0 Å². The number of thiophene rings is 1. The van der Waals surface area contributed by atoms with Gasteiger partial charge in [-0.3, -0.25) is 0 Å².